The Labute approximate surface area is 144 Å². The Kier molecular flexibility index (Phi) is 6.75. The molecule has 0 aliphatic rings. The molecule has 5 heteroatoms. The van der Waals surface area contributed by atoms with E-state index in [2.05, 4.69) is 40.7 Å². The number of hydrogen-bond donors (Lipinski definition) is 2. The Morgan fingerprint density at radius 2 is 2.04 bits per heavy atom. The van der Waals surface area contributed by atoms with Gasteiger partial charge in [0.1, 0.15) is 5.82 Å². The summed E-state index contributed by atoms with van der Waals surface area (Å²) in [6, 6.07) is 11.8. The Morgan fingerprint density at radius 1 is 1.21 bits per heavy atom. The Balaban J connectivity index is 1.80. The SMILES string of the molecule is Cc1cccc(CNC(=O)c2ccc(NCCCN(C)C)nc2)c1. The van der Waals surface area contributed by atoms with E-state index in [-0.39, 0.29) is 5.91 Å². The van der Waals surface area contributed by atoms with Crippen LogP contribution in [0.4, 0.5) is 5.82 Å². The molecule has 0 unspecified atom stereocenters. The minimum atomic E-state index is -0.108. The summed E-state index contributed by atoms with van der Waals surface area (Å²) in [6.07, 6.45) is 2.66. The maximum atomic E-state index is 12.2. The number of pyridine rings is 1. The molecule has 1 heterocycles. The van der Waals surface area contributed by atoms with Gasteiger partial charge in [-0.25, -0.2) is 4.98 Å². The van der Waals surface area contributed by atoms with E-state index in [1.807, 2.05) is 31.2 Å². The number of rotatable bonds is 8. The molecule has 1 amide bonds. The molecular weight excluding hydrogens is 300 g/mol. The van der Waals surface area contributed by atoms with Gasteiger partial charge in [0, 0.05) is 19.3 Å². The van der Waals surface area contributed by atoms with Crippen molar-refractivity contribution in [2.75, 3.05) is 32.5 Å². The first kappa shape index (κ1) is 17.9. The summed E-state index contributed by atoms with van der Waals surface area (Å²) < 4.78 is 0. The lowest BCUT2D eigenvalue weighted by Gasteiger charge is -2.10. The largest absolute Gasteiger partial charge is 0.370 e. The second kappa shape index (κ2) is 9.03. The van der Waals surface area contributed by atoms with Crippen LogP contribution >= 0.6 is 0 Å². The lowest BCUT2D eigenvalue weighted by molar-refractivity contribution is 0.0950. The van der Waals surface area contributed by atoms with E-state index in [9.17, 15) is 4.79 Å². The van der Waals surface area contributed by atoms with Gasteiger partial charge < -0.3 is 15.5 Å². The summed E-state index contributed by atoms with van der Waals surface area (Å²) in [7, 11) is 4.12. The molecule has 0 aliphatic carbocycles. The van der Waals surface area contributed by atoms with Gasteiger partial charge in [0.05, 0.1) is 5.56 Å². The highest BCUT2D eigenvalue weighted by molar-refractivity contribution is 5.94. The summed E-state index contributed by atoms with van der Waals surface area (Å²) in [6.45, 7) is 4.46. The number of benzene rings is 1. The normalized spacial score (nSPS) is 10.7. The van der Waals surface area contributed by atoms with E-state index in [1.165, 1.54) is 5.56 Å². The van der Waals surface area contributed by atoms with Crippen LogP contribution in [-0.4, -0.2) is 43.0 Å². The number of anilines is 1. The van der Waals surface area contributed by atoms with E-state index < -0.39 is 0 Å². The summed E-state index contributed by atoms with van der Waals surface area (Å²) >= 11 is 0. The number of amides is 1. The van der Waals surface area contributed by atoms with Gasteiger partial charge in [-0.3, -0.25) is 4.79 Å². The molecule has 0 fully saturated rings. The zero-order chi connectivity index (χ0) is 17.4. The zero-order valence-corrected chi connectivity index (χ0v) is 14.7. The first-order chi connectivity index (χ1) is 11.5. The molecule has 24 heavy (non-hydrogen) atoms. The molecule has 128 valence electrons. The summed E-state index contributed by atoms with van der Waals surface area (Å²) in [5.74, 6) is 0.687. The molecule has 0 atom stereocenters. The lowest BCUT2D eigenvalue weighted by atomic mass is 10.1. The molecule has 0 saturated carbocycles. The molecule has 2 aromatic rings. The molecule has 0 spiro atoms. The number of nitrogens with one attached hydrogen (secondary N) is 2. The fraction of sp³-hybridized carbons (Fsp3) is 0.368. The van der Waals surface area contributed by atoms with E-state index in [1.54, 1.807) is 12.3 Å². The van der Waals surface area contributed by atoms with E-state index in [4.69, 9.17) is 0 Å². The van der Waals surface area contributed by atoms with Crippen LogP contribution in [0.1, 0.15) is 27.9 Å². The van der Waals surface area contributed by atoms with Gasteiger partial charge in [0.2, 0.25) is 0 Å². The molecule has 2 rings (SSSR count). The van der Waals surface area contributed by atoms with Crippen molar-refractivity contribution < 1.29 is 4.79 Å². The van der Waals surface area contributed by atoms with E-state index >= 15 is 0 Å². The fourth-order valence-corrected chi connectivity index (χ4v) is 2.35. The topological polar surface area (TPSA) is 57.3 Å². The van der Waals surface area contributed by atoms with Gasteiger partial charge in [-0.1, -0.05) is 29.8 Å². The third kappa shape index (κ3) is 6.01. The second-order valence-electron chi connectivity index (χ2n) is 6.19. The van der Waals surface area contributed by atoms with E-state index in [0.29, 0.717) is 12.1 Å². The Morgan fingerprint density at radius 3 is 2.71 bits per heavy atom. The van der Waals surface area contributed by atoms with Crippen LogP contribution in [0.25, 0.3) is 0 Å². The molecule has 0 saturated heterocycles. The van der Waals surface area contributed by atoms with Crippen molar-refractivity contribution in [2.45, 2.75) is 19.9 Å². The number of carbonyl (C=O) groups excluding carboxylic acids is 1. The lowest BCUT2D eigenvalue weighted by Crippen LogP contribution is -2.23. The van der Waals surface area contributed by atoms with Crippen molar-refractivity contribution in [1.82, 2.24) is 15.2 Å². The minimum Gasteiger partial charge on any atom is -0.370 e. The quantitative estimate of drug-likeness (QED) is 0.732. The average molecular weight is 326 g/mol. The average Bonchev–Trinajstić information content (AvgIpc) is 2.57. The maximum Gasteiger partial charge on any atom is 0.253 e. The molecule has 2 N–H and O–H groups in total. The van der Waals surface area contributed by atoms with Crippen molar-refractivity contribution >= 4 is 11.7 Å². The number of hydrogen-bond acceptors (Lipinski definition) is 4. The van der Waals surface area contributed by atoms with Crippen molar-refractivity contribution in [1.29, 1.82) is 0 Å². The predicted molar refractivity (Wildman–Crippen MR) is 98.2 cm³/mol. The third-order valence-corrected chi connectivity index (χ3v) is 3.65. The van der Waals surface area contributed by atoms with Gasteiger partial charge in [-0.2, -0.15) is 0 Å². The van der Waals surface area contributed by atoms with Crippen molar-refractivity contribution in [3.63, 3.8) is 0 Å². The molecule has 1 aromatic heterocycles. The standard InChI is InChI=1S/C19H26N4O/c1-15-6-4-7-16(12-15)13-22-19(24)17-8-9-18(21-14-17)20-10-5-11-23(2)3/h4,6-9,12,14H,5,10-11,13H2,1-3H3,(H,20,21)(H,22,24). The van der Waals surface area contributed by atoms with Gasteiger partial charge >= 0.3 is 0 Å². The monoisotopic (exact) mass is 326 g/mol. The van der Waals surface area contributed by atoms with Crippen LogP contribution in [0.3, 0.4) is 0 Å². The molecule has 1 aromatic carbocycles. The highest BCUT2D eigenvalue weighted by Crippen LogP contribution is 2.07. The number of aryl methyl sites for hydroxylation is 1. The van der Waals surface area contributed by atoms with Crippen LogP contribution < -0.4 is 10.6 Å². The predicted octanol–water partition coefficient (Wildman–Crippen LogP) is 2.68. The van der Waals surface area contributed by atoms with Crippen LogP contribution in [0.15, 0.2) is 42.6 Å². The third-order valence-electron chi connectivity index (χ3n) is 3.65. The molecular formula is C19H26N4O. The number of carbonyl (C=O) groups is 1. The highest BCUT2D eigenvalue weighted by Gasteiger charge is 2.06. The number of nitrogens with zero attached hydrogens (tertiary/aromatic N) is 2. The van der Waals surface area contributed by atoms with Crippen molar-refractivity contribution in [3.8, 4) is 0 Å². The first-order valence-corrected chi connectivity index (χ1v) is 8.23. The molecule has 0 radical (unpaired) electrons. The van der Waals surface area contributed by atoms with Gasteiger partial charge in [0.15, 0.2) is 0 Å². The number of aromatic nitrogens is 1. The minimum absolute atomic E-state index is 0.108. The smallest absolute Gasteiger partial charge is 0.253 e. The molecule has 5 nitrogen and oxygen atoms in total. The maximum absolute atomic E-state index is 12.2. The molecule has 0 bridgehead atoms. The second-order valence-corrected chi connectivity index (χ2v) is 6.19. The van der Waals surface area contributed by atoms with Gasteiger partial charge in [0.25, 0.3) is 5.91 Å². The Hall–Kier alpha value is -2.40. The fourth-order valence-electron chi connectivity index (χ4n) is 2.35. The highest BCUT2D eigenvalue weighted by atomic mass is 16.1. The summed E-state index contributed by atoms with van der Waals surface area (Å²) in [5.41, 5.74) is 2.85. The van der Waals surface area contributed by atoms with Crippen LogP contribution in [0.2, 0.25) is 0 Å². The first-order valence-electron chi connectivity index (χ1n) is 8.23. The summed E-state index contributed by atoms with van der Waals surface area (Å²) in [5, 5.41) is 6.18. The van der Waals surface area contributed by atoms with Gasteiger partial charge in [-0.15, -0.1) is 0 Å². The molecule has 0 aliphatic heterocycles. The van der Waals surface area contributed by atoms with Crippen LogP contribution in [-0.2, 0) is 6.54 Å². The Bertz CT molecular complexity index is 653. The van der Waals surface area contributed by atoms with Gasteiger partial charge in [-0.05, 0) is 51.7 Å². The van der Waals surface area contributed by atoms with Crippen molar-refractivity contribution in [3.05, 3.63) is 59.3 Å². The van der Waals surface area contributed by atoms with Crippen molar-refractivity contribution in [2.24, 2.45) is 0 Å². The van der Waals surface area contributed by atoms with Crippen LogP contribution in [0.5, 0.6) is 0 Å². The van der Waals surface area contributed by atoms with E-state index in [0.717, 1.165) is 30.9 Å². The van der Waals surface area contributed by atoms with Crippen LogP contribution in [0, 0.1) is 6.92 Å². The zero-order valence-electron chi connectivity index (χ0n) is 14.7. The summed E-state index contributed by atoms with van der Waals surface area (Å²) in [4.78, 5) is 18.6.